The van der Waals surface area contributed by atoms with Crippen molar-refractivity contribution in [2.45, 2.75) is 6.54 Å². The number of halogens is 1. The van der Waals surface area contributed by atoms with Gasteiger partial charge in [-0.15, -0.1) is 0 Å². The average Bonchev–Trinajstić information content (AvgIpc) is 2.99. The van der Waals surface area contributed by atoms with E-state index in [1.165, 1.54) is 11.1 Å². The maximum atomic E-state index is 12.4. The molecule has 0 saturated heterocycles. The zero-order valence-corrected chi connectivity index (χ0v) is 16.1. The Bertz CT molecular complexity index is 1020. The second-order valence-electron chi connectivity index (χ2n) is 6.35. The van der Waals surface area contributed by atoms with Gasteiger partial charge in [0.1, 0.15) is 6.61 Å². The van der Waals surface area contributed by atoms with Crippen LogP contribution >= 0.6 is 11.6 Å². The summed E-state index contributed by atoms with van der Waals surface area (Å²) in [7, 11) is 0. The minimum Gasteiger partial charge on any atom is -0.486 e. The monoisotopic (exact) mass is 408 g/mol. The topological polar surface area (TPSA) is 84.4 Å². The molecular weight excluding hydrogens is 392 g/mol. The van der Waals surface area contributed by atoms with E-state index in [-0.39, 0.29) is 30.2 Å². The molecule has 0 aliphatic carbocycles. The van der Waals surface area contributed by atoms with Crippen LogP contribution in [0.5, 0.6) is 5.75 Å². The summed E-state index contributed by atoms with van der Waals surface area (Å²) in [6.07, 6.45) is 1.46. The number of amides is 2. The van der Waals surface area contributed by atoms with E-state index in [9.17, 15) is 9.59 Å². The summed E-state index contributed by atoms with van der Waals surface area (Å²) in [6.45, 7) is 0.756. The van der Waals surface area contributed by atoms with Gasteiger partial charge in [0.15, 0.2) is 11.6 Å². The molecule has 0 saturated carbocycles. The lowest BCUT2D eigenvalue weighted by Gasteiger charge is -2.16. The highest BCUT2D eigenvalue weighted by atomic mass is 35.5. The summed E-state index contributed by atoms with van der Waals surface area (Å²) in [4.78, 5) is 34.1. The summed E-state index contributed by atoms with van der Waals surface area (Å²) in [5.41, 5.74) is 1.90. The smallest absolute Gasteiger partial charge is 0.261 e. The zero-order chi connectivity index (χ0) is 20.2. The molecule has 1 aliphatic rings. The number of carbonyl (C=O) groups excluding carboxylic acids is 2. The molecule has 7 nitrogen and oxygen atoms in total. The van der Waals surface area contributed by atoms with Crippen LogP contribution in [0.1, 0.15) is 26.3 Å². The minimum absolute atomic E-state index is 0.0910. The van der Waals surface area contributed by atoms with Crippen LogP contribution < -0.4 is 10.1 Å². The first-order valence-corrected chi connectivity index (χ1v) is 9.39. The number of hydrogen-bond acceptors (Lipinski definition) is 6. The summed E-state index contributed by atoms with van der Waals surface area (Å²) in [6, 6.07) is 16.6. The molecular formula is C21H17ClN4O3. The first-order chi connectivity index (χ1) is 14.1. The third kappa shape index (κ3) is 4.05. The summed E-state index contributed by atoms with van der Waals surface area (Å²) in [5.74, 6) is 0.200. The summed E-state index contributed by atoms with van der Waals surface area (Å²) in [5, 5.41) is 3.26. The second-order valence-corrected chi connectivity index (χ2v) is 6.69. The number of aromatic nitrogens is 2. The molecule has 2 amide bonds. The highest BCUT2D eigenvalue weighted by molar-refractivity contribution is 6.28. The van der Waals surface area contributed by atoms with Crippen molar-refractivity contribution in [2.75, 3.05) is 18.5 Å². The SMILES string of the molecule is O=C1c2ccccc2C(=O)N1CCOc1cnc(Cl)nc1NCc1ccccc1. The van der Waals surface area contributed by atoms with Gasteiger partial charge in [0.05, 0.1) is 23.9 Å². The molecule has 2 aromatic carbocycles. The zero-order valence-electron chi connectivity index (χ0n) is 15.3. The highest BCUT2D eigenvalue weighted by Crippen LogP contribution is 2.25. The number of fused-ring (bicyclic) bond motifs is 1. The van der Waals surface area contributed by atoms with Crippen LogP contribution in [0.4, 0.5) is 5.82 Å². The van der Waals surface area contributed by atoms with Crippen molar-refractivity contribution in [3.63, 3.8) is 0 Å². The molecule has 0 spiro atoms. The molecule has 0 radical (unpaired) electrons. The van der Waals surface area contributed by atoms with Crippen molar-refractivity contribution in [3.05, 3.63) is 82.8 Å². The van der Waals surface area contributed by atoms with E-state index in [1.54, 1.807) is 24.3 Å². The lowest BCUT2D eigenvalue weighted by atomic mass is 10.1. The predicted octanol–water partition coefficient (Wildman–Crippen LogP) is 3.42. The van der Waals surface area contributed by atoms with Crippen molar-refractivity contribution in [2.24, 2.45) is 0 Å². The van der Waals surface area contributed by atoms with Crippen LogP contribution in [0.15, 0.2) is 60.8 Å². The van der Waals surface area contributed by atoms with E-state index < -0.39 is 0 Å². The number of nitrogens with zero attached hydrogens (tertiary/aromatic N) is 3. The average molecular weight is 409 g/mol. The van der Waals surface area contributed by atoms with E-state index in [0.717, 1.165) is 5.56 Å². The maximum absolute atomic E-state index is 12.4. The predicted molar refractivity (Wildman–Crippen MR) is 108 cm³/mol. The number of benzene rings is 2. The lowest BCUT2D eigenvalue weighted by molar-refractivity contribution is 0.0631. The van der Waals surface area contributed by atoms with Gasteiger partial charge in [-0.05, 0) is 29.3 Å². The molecule has 4 rings (SSSR count). The third-order valence-electron chi connectivity index (χ3n) is 4.48. The molecule has 146 valence electrons. The van der Waals surface area contributed by atoms with Gasteiger partial charge in [-0.3, -0.25) is 14.5 Å². The van der Waals surface area contributed by atoms with Crippen LogP contribution in [0.3, 0.4) is 0 Å². The molecule has 0 unspecified atom stereocenters. The molecule has 1 N–H and O–H groups in total. The molecule has 2 heterocycles. The number of hydrogen-bond donors (Lipinski definition) is 1. The van der Waals surface area contributed by atoms with E-state index in [4.69, 9.17) is 16.3 Å². The first kappa shape index (κ1) is 18.9. The number of imide groups is 1. The van der Waals surface area contributed by atoms with Gasteiger partial charge in [-0.2, -0.15) is 4.98 Å². The third-order valence-corrected chi connectivity index (χ3v) is 4.66. The molecule has 0 bridgehead atoms. The maximum Gasteiger partial charge on any atom is 0.261 e. The quantitative estimate of drug-likeness (QED) is 0.476. The Hall–Kier alpha value is -3.45. The Balaban J connectivity index is 1.40. The number of carbonyl (C=O) groups is 2. The van der Waals surface area contributed by atoms with E-state index in [2.05, 4.69) is 15.3 Å². The first-order valence-electron chi connectivity index (χ1n) is 9.02. The standard InChI is InChI=1S/C21H17ClN4O3/c22-21-24-13-17(18(25-21)23-12-14-6-2-1-3-7-14)29-11-10-26-19(27)15-8-4-5-9-16(15)20(26)28/h1-9,13H,10-12H2,(H,23,24,25). The highest BCUT2D eigenvalue weighted by Gasteiger charge is 2.34. The molecule has 1 aliphatic heterocycles. The Morgan fingerprint density at radius 1 is 0.966 bits per heavy atom. The number of rotatable bonds is 7. The van der Waals surface area contributed by atoms with Gasteiger partial charge in [-0.25, -0.2) is 4.98 Å². The largest absolute Gasteiger partial charge is 0.486 e. The Morgan fingerprint density at radius 2 is 1.62 bits per heavy atom. The molecule has 8 heteroatoms. The Morgan fingerprint density at radius 3 is 2.31 bits per heavy atom. The second kappa shape index (κ2) is 8.28. The fourth-order valence-electron chi connectivity index (χ4n) is 3.05. The van der Waals surface area contributed by atoms with Crippen LogP contribution in [0.2, 0.25) is 5.28 Å². The molecule has 29 heavy (non-hydrogen) atoms. The van der Waals surface area contributed by atoms with Crippen LogP contribution in [-0.4, -0.2) is 39.8 Å². The number of ether oxygens (including phenoxy) is 1. The van der Waals surface area contributed by atoms with E-state index in [0.29, 0.717) is 29.2 Å². The number of anilines is 1. The van der Waals surface area contributed by atoms with Gasteiger partial charge in [0.25, 0.3) is 11.8 Å². The van der Waals surface area contributed by atoms with Crippen molar-refractivity contribution >= 4 is 29.2 Å². The van der Waals surface area contributed by atoms with Gasteiger partial charge >= 0.3 is 0 Å². The van der Waals surface area contributed by atoms with Gasteiger partial charge in [-0.1, -0.05) is 42.5 Å². The van der Waals surface area contributed by atoms with Crippen LogP contribution in [0, 0.1) is 0 Å². The van der Waals surface area contributed by atoms with Crippen LogP contribution in [-0.2, 0) is 6.54 Å². The molecule has 1 aromatic heterocycles. The van der Waals surface area contributed by atoms with E-state index in [1.807, 2.05) is 30.3 Å². The van der Waals surface area contributed by atoms with Gasteiger partial charge < -0.3 is 10.1 Å². The lowest BCUT2D eigenvalue weighted by Crippen LogP contribution is -2.33. The van der Waals surface area contributed by atoms with Crippen LogP contribution in [0.25, 0.3) is 0 Å². The van der Waals surface area contributed by atoms with Crippen molar-refractivity contribution < 1.29 is 14.3 Å². The molecule has 3 aromatic rings. The Kier molecular flexibility index (Phi) is 5.39. The normalized spacial score (nSPS) is 12.8. The van der Waals surface area contributed by atoms with Crippen molar-refractivity contribution in [1.82, 2.24) is 14.9 Å². The fourth-order valence-corrected chi connectivity index (χ4v) is 3.19. The fraction of sp³-hybridized carbons (Fsp3) is 0.143. The summed E-state index contributed by atoms with van der Waals surface area (Å²) >= 11 is 5.91. The summed E-state index contributed by atoms with van der Waals surface area (Å²) < 4.78 is 5.75. The molecule has 0 fully saturated rings. The van der Waals surface area contributed by atoms with Crippen molar-refractivity contribution in [3.8, 4) is 5.75 Å². The minimum atomic E-state index is -0.316. The van der Waals surface area contributed by atoms with Gasteiger partial charge in [0, 0.05) is 6.54 Å². The van der Waals surface area contributed by atoms with Gasteiger partial charge in [0.2, 0.25) is 5.28 Å². The van der Waals surface area contributed by atoms with Crippen molar-refractivity contribution in [1.29, 1.82) is 0 Å². The number of nitrogens with one attached hydrogen (secondary N) is 1. The van der Waals surface area contributed by atoms with E-state index >= 15 is 0 Å². The molecule has 0 atom stereocenters. The Labute approximate surface area is 172 Å².